The fraction of sp³-hybridized carbons (Fsp3) is 0.150. The number of nitrogens with one attached hydrogen (secondary N) is 1. The molecule has 0 aliphatic heterocycles. The standard InChI is InChI=1S/C20H17N3O3S2/c1-25-17-11-13(3-7-16(17)26-10-9-21)4-8-19(24)22-14-5-6-15-18(12-14)28-20(23-15)27-2/h3-8,11-12H,10H2,1-2H3,(H,22,24). The van der Waals surface area contributed by atoms with Crippen molar-refractivity contribution < 1.29 is 14.3 Å². The van der Waals surface area contributed by atoms with E-state index >= 15 is 0 Å². The molecular weight excluding hydrogens is 394 g/mol. The minimum Gasteiger partial charge on any atom is -0.493 e. The van der Waals surface area contributed by atoms with E-state index in [9.17, 15) is 4.79 Å². The third kappa shape index (κ3) is 4.82. The predicted octanol–water partition coefficient (Wildman–Crippen LogP) is 4.58. The van der Waals surface area contributed by atoms with E-state index in [1.54, 1.807) is 47.4 Å². The van der Waals surface area contributed by atoms with Crippen molar-refractivity contribution in [3.8, 4) is 17.6 Å². The van der Waals surface area contributed by atoms with Gasteiger partial charge in [0, 0.05) is 11.8 Å². The van der Waals surface area contributed by atoms with Gasteiger partial charge in [0.15, 0.2) is 22.4 Å². The highest BCUT2D eigenvalue weighted by atomic mass is 32.2. The molecule has 0 fully saturated rings. The van der Waals surface area contributed by atoms with Crippen molar-refractivity contribution in [1.29, 1.82) is 5.26 Å². The second kappa shape index (κ2) is 9.26. The van der Waals surface area contributed by atoms with Gasteiger partial charge in [-0.1, -0.05) is 17.8 Å². The molecule has 0 radical (unpaired) electrons. The van der Waals surface area contributed by atoms with Crippen molar-refractivity contribution in [2.24, 2.45) is 0 Å². The highest BCUT2D eigenvalue weighted by Gasteiger charge is 2.07. The van der Waals surface area contributed by atoms with Crippen molar-refractivity contribution in [3.63, 3.8) is 0 Å². The lowest BCUT2D eigenvalue weighted by Crippen LogP contribution is -2.07. The van der Waals surface area contributed by atoms with E-state index in [1.165, 1.54) is 13.2 Å². The molecule has 0 spiro atoms. The second-order valence-electron chi connectivity index (χ2n) is 5.55. The summed E-state index contributed by atoms with van der Waals surface area (Å²) in [6.07, 6.45) is 5.13. The summed E-state index contributed by atoms with van der Waals surface area (Å²) >= 11 is 3.20. The highest BCUT2D eigenvalue weighted by molar-refractivity contribution is 8.00. The zero-order chi connectivity index (χ0) is 19.9. The summed E-state index contributed by atoms with van der Waals surface area (Å²) in [7, 11) is 1.52. The van der Waals surface area contributed by atoms with Gasteiger partial charge in [-0.15, -0.1) is 11.3 Å². The molecule has 1 amide bonds. The number of hydrogen-bond acceptors (Lipinski definition) is 7. The van der Waals surface area contributed by atoms with Crippen LogP contribution in [0.2, 0.25) is 0 Å². The maximum atomic E-state index is 12.2. The molecule has 1 N–H and O–H groups in total. The van der Waals surface area contributed by atoms with E-state index in [-0.39, 0.29) is 12.5 Å². The second-order valence-corrected chi connectivity index (χ2v) is 7.63. The molecule has 3 aromatic rings. The molecule has 1 heterocycles. The summed E-state index contributed by atoms with van der Waals surface area (Å²) in [5.41, 5.74) is 2.42. The molecule has 2 aromatic carbocycles. The van der Waals surface area contributed by atoms with Crippen LogP contribution in [0, 0.1) is 11.3 Å². The summed E-state index contributed by atoms with van der Waals surface area (Å²) in [4.78, 5) is 16.7. The molecule has 0 saturated carbocycles. The van der Waals surface area contributed by atoms with Crippen molar-refractivity contribution in [3.05, 3.63) is 48.0 Å². The summed E-state index contributed by atoms with van der Waals surface area (Å²) in [6.45, 7) is -0.0590. The summed E-state index contributed by atoms with van der Waals surface area (Å²) < 4.78 is 12.6. The van der Waals surface area contributed by atoms with Gasteiger partial charge in [0.1, 0.15) is 6.07 Å². The molecule has 142 valence electrons. The van der Waals surface area contributed by atoms with E-state index in [2.05, 4.69) is 10.3 Å². The van der Waals surface area contributed by atoms with Gasteiger partial charge in [0.05, 0.1) is 17.3 Å². The molecule has 0 aliphatic rings. The first-order valence-electron chi connectivity index (χ1n) is 8.24. The first kappa shape index (κ1) is 19.7. The van der Waals surface area contributed by atoms with Crippen LogP contribution in [0.15, 0.2) is 46.8 Å². The number of rotatable bonds is 7. The number of aromatic nitrogens is 1. The first-order chi connectivity index (χ1) is 13.6. The number of ether oxygens (including phenoxy) is 2. The van der Waals surface area contributed by atoms with Gasteiger partial charge >= 0.3 is 0 Å². The quantitative estimate of drug-likeness (QED) is 0.452. The van der Waals surface area contributed by atoms with E-state index in [0.717, 1.165) is 25.8 Å². The van der Waals surface area contributed by atoms with Crippen LogP contribution >= 0.6 is 23.1 Å². The Hall–Kier alpha value is -3.02. The maximum Gasteiger partial charge on any atom is 0.248 e. The van der Waals surface area contributed by atoms with E-state index in [1.807, 2.05) is 30.5 Å². The van der Waals surface area contributed by atoms with Gasteiger partial charge in [-0.2, -0.15) is 5.26 Å². The van der Waals surface area contributed by atoms with Crippen LogP contribution in [0.4, 0.5) is 5.69 Å². The zero-order valence-corrected chi connectivity index (χ0v) is 16.9. The average molecular weight is 412 g/mol. The van der Waals surface area contributed by atoms with Crippen molar-refractivity contribution in [2.75, 3.05) is 25.3 Å². The van der Waals surface area contributed by atoms with Crippen LogP contribution in [0.1, 0.15) is 5.56 Å². The number of carbonyl (C=O) groups excluding carboxylic acids is 1. The predicted molar refractivity (Wildman–Crippen MR) is 113 cm³/mol. The van der Waals surface area contributed by atoms with Gasteiger partial charge in [0.2, 0.25) is 5.91 Å². The number of anilines is 1. The van der Waals surface area contributed by atoms with Gasteiger partial charge in [-0.05, 0) is 48.2 Å². The third-order valence-electron chi connectivity index (χ3n) is 3.72. The summed E-state index contributed by atoms with van der Waals surface area (Å²) in [5.74, 6) is 0.740. The minimum absolute atomic E-state index is 0.0590. The Morgan fingerprint density at radius 3 is 2.93 bits per heavy atom. The molecular formula is C20H17N3O3S2. The topological polar surface area (TPSA) is 84.2 Å². The number of fused-ring (bicyclic) bond motifs is 1. The Balaban J connectivity index is 1.68. The van der Waals surface area contributed by atoms with Crippen LogP contribution in [0.5, 0.6) is 11.5 Å². The summed E-state index contributed by atoms with van der Waals surface area (Å²) in [6, 6.07) is 12.8. The molecule has 0 saturated heterocycles. The van der Waals surface area contributed by atoms with Gasteiger partial charge in [-0.3, -0.25) is 4.79 Å². The first-order valence-corrected chi connectivity index (χ1v) is 10.3. The number of hydrogen-bond donors (Lipinski definition) is 1. The zero-order valence-electron chi connectivity index (χ0n) is 15.3. The van der Waals surface area contributed by atoms with Gasteiger partial charge in [0.25, 0.3) is 0 Å². The van der Waals surface area contributed by atoms with Gasteiger partial charge in [-0.25, -0.2) is 4.98 Å². The number of methoxy groups -OCH3 is 1. The SMILES string of the molecule is COc1cc(C=CC(=O)Nc2ccc3nc(SC)sc3c2)ccc1OCC#N. The lowest BCUT2D eigenvalue weighted by molar-refractivity contribution is -0.111. The largest absolute Gasteiger partial charge is 0.493 e. The van der Waals surface area contributed by atoms with Crippen molar-refractivity contribution in [2.45, 2.75) is 4.34 Å². The Bertz CT molecular complexity index is 1070. The van der Waals surface area contributed by atoms with Crippen LogP contribution < -0.4 is 14.8 Å². The Morgan fingerprint density at radius 2 is 2.18 bits per heavy atom. The number of thioether (sulfide) groups is 1. The average Bonchev–Trinajstić information content (AvgIpc) is 3.13. The Morgan fingerprint density at radius 1 is 1.32 bits per heavy atom. The number of nitriles is 1. The number of amides is 1. The van der Waals surface area contributed by atoms with Crippen molar-refractivity contribution >= 4 is 51.0 Å². The third-order valence-corrected chi connectivity index (χ3v) is 5.72. The summed E-state index contributed by atoms with van der Waals surface area (Å²) in [5, 5.41) is 11.5. The maximum absolute atomic E-state index is 12.2. The monoisotopic (exact) mass is 411 g/mol. The smallest absolute Gasteiger partial charge is 0.248 e. The number of nitrogens with zero attached hydrogens (tertiary/aromatic N) is 2. The Labute approximate surface area is 170 Å². The molecule has 1 aromatic heterocycles. The van der Waals surface area contributed by atoms with Crippen molar-refractivity contribution in [1.82, 2.24) is 4.98 Å². The van der Waals surface area contributed by atoms with Crippen LogP contribution in [-0.4, -0.2) is 30.9 Å². The minimum atomic E-state index is -0.238. The lowest BCUT2D eigenvalue weighted by atomic mass is 10.2. The lowest BCUT2D eigenvalue weighted by Gasteiger charge is -2.08. The fourth-order valence-corrected chi connectivity index (χ4v) is 3.97. The van der Waals surface area contributed by atoms with Crippen LogP contribution in [0.3, 0.4) is 0 Å². The molecule has 28 heavy (non-hydrogen) atoms. The normalized spacial score (nSPS) is 10.8. The molecule has 3 rings (SSSR count). The number of benzene rings is 2. The molecule has 8 heteroatoms. The molecule has 6 nitrogen and oxygen atoms in total. The highest BCUT2D eigenvalue weighted by Crippen LogP contribution is 2.30. The fourth-order valence-electron chi connectivity index (χ4n) is 2.44. The van der Waals surface area contributed by atoms with E-state index in [0.29, 0.717) is 11.5 Å². The Kier molecular flexibility index (Phi) is 6.53. The molecule has 0 atom stereocenters. The number of thiazole rings is 1. The van der Waals surface area contributed by atoms with E-state index < -0.39 is 0 Å². The molecule has 0 aliphatic carbocycles. The molecule has 0 unspecified atom stereocenters. The van der Waals surface area contributed by atoms with Crippen LogP contribution in [-0.2, 0) is 4.79 Å². The van der Waals surface area contributed by atoms with Crippen LogP contribution in [0.25, 0.3) is 16.3 Å². The van der Waals surface area contributed by atoms with Gasteiger partial charge < -0.3 is 14.8 Å². The van der Waals surface area contributed by atoms with E-state index in [4.69, 9.17) is 14.7 Å². The number of carbonyl (C=O) groups is 1. The molecule has 0 bridgehead atoms.